The summed E-state index contributed by atoms with van der Waals surface area (Å²) < 4.78 is 19.1. The number of ether oxygens (including phenoxy) is 1. The molecule has 0 saturated carbocycles. The van der Waals surface area contributed by atoms with Gasteiger partial charge in [0, 0.05) is 23.7 Å². The molecule has 1 N–H and O–H groups in total. The summed E-state index contributed by atoms with van der Waals surface area (Å²) in [4.78, 5) is 3.68. The Hall–Kier alpha value is -1.94. The van der Waals surface area contributed by atoms with Gasteiger partial charge >= 0.3 is 0 Å². The molecular weight excluding hydrogens is 233 g/mol. The van der Waals surface area contributed by atoms with Gasteiger partial charge in [0.05, 0.1) is 12.8 Å². The standard InChI is InChI=1S/C14H12FNO2/c15-12-8-16-6-4-10(12)13(17)11-3-1-2-9-5-7-18-14(9)11/h1-4,6,8,13,17H,5,7H2. The van der Waals surface area contributed by atoms with E-state index in [4.69, 9.17) is 4.74 Å². The minimum atomic E-state index is -1.03. The normalized spacial score (nSPS) is 15.0. The maximum atomic E-state index is 13.6. The van der Waals surface area contributed by atoms with Crippen molar-refractivity contribution >= 4 is 0 Å². The summed E-state index contributed by atoms with van der Waals surface area (Å²) in [6.07, 6.45) is 2.37. The number of halogens is 1. The van der Waals surface area contributed by atoms with Crippen LogP contribution >= 0.6 is 0 Å². The third-order valence-electron chi connectivity index (χ3n) is 3.14. The van der Waals surface area contributed by atoms with Crippen LogP contribution in [0.15, 0.2) is 36.7 Å². The van der Waals surface area contributed by atoms with Crippen LogP contribution in [0.1, 0.15) is 22.8 Å². The van der Waals surface area contributed by atoms with E-state index in [1.807, 2.05) is 12.1 Å². The summed E-state index contributed by atoms with van der Waals surface area (Å²) in [6, 6.07) is 7.05. The summed E-state index contributed by atoms with van der Waals surface area (Å²) in [6.45, 7) is 0.609. The maximum absolute atomic E-state index is 13.6. The molecular formula is C14H12FNO2. The molecule has 2 aromatic rings. The predicted octanol–water partition coefficient (Wildman–Crippen LogP) is 2.24. The average molecular weight is 245 g/mol. The van der Waals surface area contributed by atoms with Gasteiger partial charge in [-0.2, -0.15) is 0 Å². The number of nitrogens with zero attached hydrogens (tertiary/aromatic N) is 1. The SMILES string of the molecule is OC(c1ccncc1F)c1cccc2c1OCC2. The zero-order chi connectivity index (χ0) is 12.5. The van der Waals surface area contributed by atoms with Crippen LogP contribution in [0.5, 0.6) is 5.75 Å². The number of rotatable bonds is 2. The fourth-order valence-corrected chi connectivity index (χ4v) is 2.23. The van der Waals surface area contributed by atoms with Crippen LogP contribution in [0.2, 0.25) is 0 Å². The Bertz CT molecular complexity index is 586. The molecule has 2 heterocycles. The molecule has 0 spiro atoms. The van der Waals surface area contributed by atoms with E-state index >= 15 is 0 Å². The Morgan fingerprint density at radius 2 is 2.17 bits per heavy atom. The molecule has 1 unspecified atom stereocenters. The lowest BCUT2D eigenvalue weighted by atomic mass is 9.99. The average Bonchev–Trinajstić information content (AvgIpc) is 2.86. The van der Waals surface area contributed by atoms with E-state index in [0.29, 0.717) is 17.9 Å². The van der Waals surface area contributed by atoms with Gasteiger partial charge in [-0.15, -0.1) is 0 Å². The molecule has 0 fully saturated rings. The van der Waals surface area contributed by atoms with Crippen molar-refractivity contribution in [2.45, 2.75) is 12.5 Å². The highest BCUT2D eigenvalue weighted by molar-refractivity contribution is 5.47. The molecule has 0 radical (unpaired) electrons. The van der Waals surface area contributed by atoms with Crippen LogP contribution < -0.4 is 4.74 Å². The van der Waals surface area contributed by atoms with Gasteiger partial charge in [0.15, 0.2) is 0 Å². The van der Waals surface area contributed by atoms with Crippen LogP contribution in [0.3, 0.4) is 0 Å². The Balaban J connectivity index is 2.06. The van der Waals surface area contributed by atoms with E-state index in [0.717, 1.165) is 18.2 Å². The van der Waals surface area contributed by atoms with Gasteiger partial charge in [0.1, 0.15) is 17.7 Å². The van der Waals surface area contributed by atoms with E-state index in [9.17, 15) is 9.50 Å². The first-order valence-electron chi connectivity index (χ1n) is 5.79. The highest BCUT2D eigenvalue weighted by atomic mass is 19.1. The zero-order valence-electron chi connectivity index (χ0n) is 9.64. The van der Waals surface area contributed by atoms with E-state index in [1.54, 1.807) is 6.07 Å². The number of aromatic nitrogens is 1. The summed E-state index contributed by atoms with van der Waals surface area (Å²) in [7, 11) is 0. The van der Waals surface area contributed by atoms with Crippen LogP contribution in [-0.2, 0) is 6.42 Å². The van der Waals surface area contributed by atoms with E-state index in [1.165, 1.54) is 12.3 Å². The van der Waals surface area contributed by atoms with Crippen molar-refractivity contribution in [2.75, 3.05) is 6.61 Å². The number of aliphatic hydroxyl groups excluding tert-OH is 1. The minimum absolute atomic E-state index is 0.217. The summed E-state index contributed by atoms with van der Waals surface area (Å²) in [5.74, 6) is 0.168. The fourth-order valence-electron chi connectivity index (χ4n) is 2.23. The second-order valence-corrected chi connectivity index (χ2v) is 4.23. The molecule has 3 rings (SSSR count). The first-order valence-corrected chi connectivity index (χ1v) is 5.79. The number of fused-ring (bicyclic) bond motifs is 1. The highest BCUT2D eigenvalue weighted by Gasteiger charge is 2.23. The van der Waals surface area contributed by atoms with E-state index < -0.39 is 11.9 Å². The van der Waals surface area contributed by atoms with Gasteiger partial charge in [-0.05, 0) is 11.6 Å². The third kappa shape index (κ3) is 1.75. The molecule has 92 valence electrons. The Kier molecular flexibility index (Phi) is 2.72. The lowest BCUT2D eigenvalue weighted by Gasteiger charge is -2.15. The van der Waals surface area contributed by atoms with E-state index in [-0.39, 0.29) is 5.56 Å². The fraction of sp³-hybridized carbons (Fsp3) is 0.214. The van der Waals surface area contributed by atoms with Crippen LogP contribution in [0, 0.1) is 5.82 Å². The third-order valence-corrected chi connectivity index (χ3v) is 3.14. The van der Waals surface area contributed by atoms with Gasteiger partial charge < -0.3 is 9.84 Å². The topological polar surface area (TPSA) is 42.4 Å². The van der Waals surface area contributed by atoms with Crippen molar-refractivity contribution < 1.29 is 14.2 Å². The van der Waals surface area contributed by atoms with E-state index in [2.05, 4.69) is 4.98 Å². The second-order valence-electron chi connectivity index (χ2n) is 4.23. The number of para-hydroxylation sites is 1. The molecule has 0 saturated heterocycles. The number of pyridine rings is 1. The van der Waals surface area contributed by atoms with Crippen LogP contribution in [-0.4, -0.2) is 16.7 Å². The van der Waals surface area contributed by atoms with Gasteiger partial charge in [-0.1, -0.05) is 18.2 Å². The van der Waals surface area contributed by atoms with Crippen molar-refractivity contribution in [2.24, 2.45) is 0 Å². The summed E-state index contributed by atoms with van der Waals surface area (Å²) in [5, 5.41) is 10.3. The minimum Gasteiger partial charge on any atom is -0.493 e. The second kappa shape index (κ2) is 4.38. The zero-order valence-corrected chi connectivity index (χ0v) is 9.64. The van der Waals surface area contributed by atoms with Gasteiger partial charge in [-0.3, -0.25) is 4.98 Å². The number of hydrogen-bond acceptors (Lipinski definition) is 3. The number of hydrogen-bond donors (Lipinski definition) is 1. The largest absolute Gasteiger partial charge is 0.493 e. The molecule has 0 amide bonds. The predicted molar refractivity (Wildman–Crippen MR) is 63.9 cm³/mol. The Morgan fingerprint density at radius 3 is 3.00 bits per heavy atom. The lowest BCUT2D eigenvalue weighted by molar-refractivity contribution is 0.208. The van der Waals surface area contributed by atoms with Crippen molar-refractivity contribution in [3.05, 3.63) is 59.2 Å². The molecule has 3 nitrogen and oxygen atoms in total. The first-order chi connectivity index (χ1) is 8.77. The number of benzene rings is 1. The smallest absolute Gasteiger partial charge is 0.147 e. The maximum Gasteiger partial charge on any atom is 0.147 e. The van der Waals surface area contributed by atoms with Crippen molar-refractivity contribution in [1.29, 1.82) is 0 Å². The monoisotopic (exact) mass is 245 g/mol. The molecule has 4 heteroatoms. The van der Waals surface area contributed by atoms with Crippen molar-refractivity contribution in [3.63, 3.8) is 0 Å². The van der Waals surface area contributed by atoms with Crippen LogP contribution in [0.25, 0.3) is 0 Å². The molecule has 18 heavy (non-hydrogen) atoms. The molecule has 1 aliphatic heterocycles. The van der Waals surface area contributed by atoms with Gasteiger partial charge in [0.25, 0.3) is 0 Å². The van der Waals surface area contributed by atoms with Gasteiger partial charge in [-0.25, -0.2) is 4.39 Å². The van der Waals surface area contributed by atoms with Crippen LogP contribution in [0.4, 0.5) is 4.39 Å². The molecule has 0 aliphatic carbocycles. The first kappa shape index (κ1) is 11.2. The molecule has 1 atom stereocenters. The van der Waals surface area contributed by atoms with Crippen molar-refractivity contribution in [3.8, 4) is 5.75 Å². The summed E-state index contributed by atoms with van der Waals surface area (Å²) >= 11 is 0. The van der Waals surface area contributed by atoms with Crippen molar-refractivity contribution in [1.82, 2.24) is 4.98 Å². The molecule has 1 aliphatic rings. The highest BCUT2D eigenvalue weighted by Crippen LogP contribution is 2.36. The van der Waals surface area contributed by atoms with Gasteiger partial charge in [0.2, 0.25) is 0 Å². The lowest BCUT2D eigenvalue weighted by Crippen LogP contribution is -2.04. The molecule has 0 bridgehead atoms. The Morgan fingerprint density at radius 1 is 1.28 bits per heavy atom. The Labute approximate surface area is 104 Å². The number of aliphatic hydroxyl groups is 1. The molecule has 1 aromatic carbocycles. The quantitative estimate of drug-likeness (QED) is 0.882. The molecule has 1 aromatic heterocycles. The summed E-state index contributed by atoms with van der Waals surface area (Å²) in [5.41, 5.74) is 1.88.